The average molecular weight is 445 g/mol. The smallest absolute Gasteiger partial charge is 0.261 e. The normalized spacial score (nSPS) is 11.0. The van der Waals surface area contributed by atoms with E-state index in [1.165, 1.54) is 23.1 Å². The summed E-state index contributed by atoms with van der Waals surface area (Å²) >= 11 is 2.83. The molecule has 1 amide bonds. The summed E-state index contributed by atoms with van der Waals surface area (Å²) in [6.45, 7) is 1.78. The quantitative estimate of drug-likeness (QED) is 0.332. The first kappa shape index (κ1) is 19.5. The summed E-state index contributed by atoms with van der Waals surface area (Å²) in [7, 11) is 0. The van der Waals surface area contributed by atoms with Gasteiger partial charge in [-0.1, -0.05) is 71.6 Å². The third kappa shape index (κ3) is 4.08. The number of anilines is 1. The molecule has 0 aliphatic carbocycles. The fourth-order valence-corrected chi connectivity index (χ4v) is 5.00. The van der Waals surface area contributed by atoms with Gasteiger partial charge in [-0.15, -0.1) is 10.2 Å². The van der Waals surface area contributed by atoms with Crippen molar-refractivity contribution in [3.05, 3.63) is 84.3 Å². The van der Waals surface area contributed by atoms with E-state index >= 15 is 0 Å². The van der Waals surface area contributed by atoms with Crippen LogP contribution in [0.5, 0.6) is 0 Å². The molecule has 5 aromatic rings. The molecule has 0 aliphatic rings. The Morgan fingerprint density at radius 1 is 1.03 bits per heavy atom. The van der Waals surface area contributed by atoms with Crippen LogP contribution in [-0.2, 0) is 0 Å². The lowest BCUT2D eigenvalue weighted by atomic mass is 10.1. The van der Waals surface area contributed by atoms with Crippen molar-refractivity contribution in [2.75, 3.05) is 5.32 Å². The van der Waals surface area contributed by atoms with Gasteiger partial charge in [0, 0.05) is 22.0 Å². The number of aryl methyl sites for hydroxylation is 1. The van der Waals surface area contributed by atoms with E-state index in [0.717, 1.165) is 25.7 Å². The number of para-hydroxylation sites is 1. The Morgan fingerprint density at radius 2 is 1.84 bits per heavy atom. The maximum Gasteiger partial charge on any atom is 0.261 e. The highest BCUT2D eigenvalue weighted by molar-refractivity contribution is 8.01. The van der Waals surface area contributed by atoms with Gasteiger partial charge in [0.05, 0.1) is 11.1 Å². The molecule has 31 heavy (non-hydrogen) atoms. The Hall–Kier alpha value is -3.49. The Balaban J connectivity index is 1.33. The van der Waals surface area contributed by atoms with E-state index in [4.69, 9.17) is 4.42 Å². The second-order valence-corrected chi connectivity index (χ2v) is 8.97. The van der Waals surface area contributed by atoms with Gasteiger partial charge in [0.2, 0.25) is 5.13 Å². The van der Waals surface area contributed by atoms with Crippen LogP contribution in [0.1, 0.15) is 16.1 Å². The van der Waals surface area contributed by atoms with Crippen molar-refractivity contribution in [3.8, 4) is 11.3 Å². The predicted octanol–water partition coefficient (Wildman–Crippen LogP) is 6.06. The zero-order chi connectivity index (χ0) is 21.2. The molecule has 0 bridgehead atoms. The zero-order valence-corrected chi connectivity index (χ0v) is 18.0. The number of hydrogen-bond acceptors (Lipinski definition) is 7. The summed E-state index contributed by atoms with van der Waals surface area (Å²) in [5, 5.41) is 12.7. The fraction of sp³-hybridized carbons (Fsp3) is 0.0435. The standard InChI is InChI=1S/C23H16N4O2S2/c1-14-17(13-19(29-14)15-7-3-2-4-8-15)21(28)25-22-26-27-23(31-22)30-20-11-12-24-18-10-6-5-9-16(18)20/h2-13H,1H3,(H,25,26,28). The number of carbonyl (C=O) groups excluding carboxylic acids is 1. The third-order valence-corrected chi connectivity index (χ3v) is 6.62. The van der Waals surface area contributed by atoms with Crippen molar-refractivity contribution in [1.82, 2.24) is 15.2 Å². The number of furan rings is 1. The Bertz CT molecular complexity index is 1370. The van der Waals surface area contributed by atoms with Crippen molar-refractivity contribution in [2.45, 2.75) is 16.2 Å². The molecule has 0 fully saturated rings. The highest BCUT2D eigenvalue weighted by Crippen LogP contribution is 2.35. The molecule has 1 N–H and O–H groups in total. The van der Waals surface area contributed by atoms with Crippen molar-refractivity contribution in [3.63, 3.8) is 0 Å². The number of nitrogens with zero attached hydrogens (tertiary/aromatic N) is 3. The first-order chi connectivity index (χ1) is 15.2. The van der Waals surface area contributed by atoms with Crippen LogP contribution >= 0.6 is 23.1 Å². The molecule has 0 saturated carbocycles. The van der Waals surface area contributed by atoms with E-state index in [9.17, 15) is 4.79 Å². The average Bonchev–Trinajstić information content (AvgIpc) is 3.41. The monoisotopic (exact) mass is 444 g/mol. The molecule has 2 aromatic carbocycles. The molecular weight excluding hydrogens is 428 g/mol. The van der Waals surface area contributed by atoms with E-state index in [2.05, 4.69) is 20.5 Å². The molecule has 152 valence electrons. The lowest BCUT2D eigenvalue weighted by Gasteiger charge is -2.02. The summed E-state index contributed by atoms with van der Waals surface area (Å²) in [4.78, 5) is 18.2. The number of fused-ring (bicyclic) bond motifs is 1. The molecule has 0 spiro atoms. The molecule has 5 rings (SSSR count). The molecule has 0 radical (unpaired) electrons. The summed E-state index contributed by atoms with van der Waals surface area (Å²) in [5.74, 6) is 0.936. The Labute approximate surface area is 186 Å². The molecule has 0 atom stereocenters. The fourth-order valence-electron chi connectivity index (χ4n) is 3.17. The van der Waals surface area contributed by atoms with E-state index in [0.29, 0.717) is 22.2 Å². The van der Waals surface area contributed by atoms with Crippen LogP contribution in [0.25, 0.3) is 22.2 Å². The molecule has 0 saturated heterocycles. The topological polar surface area (TPSA) is 80.9 Å². The Morgan fingerprint density at radius 3 is 2.71 bits per heavy atom. The van der Waals surface area contributed by atoms with Gasteiger partial charge in [0.15, 0.2) is 4.34 Å². The van der Waals surface area contributed by atoms with E-state index in [1.54, 1.807) is 19.2 Å². The lowest BCUT2D eigenvalue weighted by molar-refractivity contribution is 0.102. The highest BCUT2D eigenvalue weighted by atomic mass is 32.2. The summed E-state index contributed by atoms with van der Waals surface area (Å²) in [5.41, 5.74) is 2.32. The van der Waals surface area contributed by atoms with E-state index in [-0.39, 0.29) is 5.91 Å². The predicted molar refractivity (Wildman–Crippen MR) is 123 cm³/mol. The van der Waals surface area contributed by atoms with Crippen LogP contribution < -0.4 is 5.32 Å². The molecular formula is C23H16N4O2S2. The van der Waals surface area contributed by atoms with Gasteiger partial charge >= 0.3 is 0 Å². The van der Waals surface area contributed by atoms with Gasteiger partial charge in [0.1, 0.15) is 11.5 Å². The van der Waals surface area contributed by atoms with Gasteiger partial charge in [-0.2, -0.15) is 0 Å². The molecule has 8 heteroatoms. The van der Waals surface area contributed by atoms with Crippen LogP contribution in [0, 0.1) is 6.92 Å². The highest BCUT2D eigenvalue weighted by Gasteiger charge is 2.18. The second-order valence-electron chi connectivity index (χ2n) is 6.70. The molecule has 6 nitrogen and oxygen atoms in total. The minimum atomic E-state index is -0.273. The minimum absolute atomic E-state index is 0.273. The van der Waals surface area contributed by atoms with Gasteiger partial charge in [0.25, 0.3) is 5.91 Å². The molecule has 0 aliphatic heterocycles. The largest absolute Gasteiger partial charge is 0.461 e. The summed E-state index contributed by atoms with van der Waals surface area (Å²) in [6.07, 6.45) is 1.78. The lowest BCUT2D eigenvalue weighted by Crippen LogP contribution is -2.11. The number of amides is 1. The first-order valence-corrected chi connectivity index (χ1v) is 11.1. The number of rotatable bonds is 5. The first-order valence-electron chi connectivity index (χ1n) is 9.50. The van der Waals surface area contributed by atoms with Crippen LogP contribution in [0.2, 0.25) is 0 Å². The van der Waals surface area contributed by atoms with Crippen molar-refractivity contribution < 1.29 is 9.21 Å². The second kappa shape index (κ2) is 8.33. The van der Waals surface area contributed by atoms with Crippen LogP contribution in [-0.4, -0.2) is 21.1 Å². The zero-order valence-electron chi connectivity index (χ0n) is 16.4. The maximum absolute atomic E-state index is 12.8. The van der Waals surface area contributed by atoms with Gasteiger partial charge in [-0.25, -0.2) is 0 Å². The Kier molecular flexibility index (Phi) is 5.23. The number of pyridine rings is 1. The van der Waals surface area contributed by atoms with Crippen LogP contribution in [0.15, 0.2) is 86.6 Å². The third-order valence-electron chi connectivity index (χ3n) is 4.65. The number of hydrogen-bond donors (Lipinski definition) is 1. The van der Waals surface area contributed by atoms with Crippen LogP contribution in [0.3, 0.4) is 0 Å². The van der Waals surface area contributed by atoms with Crippen molar-refractivity contribution in [1.29, 1.82) is 0 Å². The van der Waals surface area contributed by atoms with E-state index in [1.807, 2.05) is 60.7 Å². The number of aromatic nitrogens is 3. The maximum atomic E-state index is 12.8. The number of benzene rings is 2. The SMILES string of the molecule is Cc1oc(-c2ccccc2)cc1C(=O)Nc1nnc(Sc2ccnc3ccccc23)s1. The van der Waals surface area contributed by atoms with Crippen molar-refractivity contribution in [2.24, 2.45) is 0 Å². The molecule has 0 unspecified atom stereocenters. The van der Waals surface area contributed by atoms with Crippen molar-refractivity contribution >= 4 is 45.0 Å². The molecule has 3 heterocycles. The van der Waals surface area contributed by atoms with Gasteiger partial charge < -0.3 is 4.42 Å². The minimum Gasteiger partial charge on any atom is -0.461 e. The number of nitrogens with one attached hydrogen (secondary N) is 1. The molecule has 3 aromatic heterocycles. The summed E-state index contributed by atoms with van der Waals surface area (Å²) < 4.78 is 6.52. The van der Waals surface area contributed by atoms with Crippen LogP contribution in [0.4, 0.5) is 5.13 Å². The van der Waals surface area contributed by atoms with Gasteiger partial charge in [-0.3, -0.25) is 15.1 Å². The number of carbonyl (C=O) groups is 1. The summed E-state index contributed by atoms with van der Waals surface area (Å²) in [6, 6.07) is 21.3. The van der Waals surface area contributed by atoms with Gasteiger partial charge in [-0.05, 0) is 25.1 Å². The van der Waals surface area contributed by atoms with E-state index < -0.39 is 0 Å².